The maximum Gasteiger partial charge on any atom is 0.269 e. The molecule has 2 amide bonds. The summed E-state index contributed by atoms with van der Waals surface area (Å²) < 4.78 is 0. The van der Waals surface area contributed by atoms with E-state index in [1.165, 1.54) is 12.1 Å². The number of hydrogen-bond donors (Lipinski definition) is 3. The number of nitrogens with two attached hydrogens (primary N) is 1. The standard InChI is InChI=1S/C13H18N4O4/c1-2-11(16-13(19)8-15-12(18)7-14)9-4-3-5-10(6-9)17(20)21/h3-6,11H,2,7-8,14H2,1H3,(H,15,18)(H,16,19). The first-order valence-corrected chi connectivity index (χ1v) is 6.48. The Balaban J connectivity index is 2.70. The number of carbonyl (C=O) groups is 2. The number of nitro benzene ring substituents is 1. The van der Waals surface area contributed by atoms with E-state index in [2.05, 4.69) is 10.6 Å². The minimum atomic E-state index is -0.487. The normalized spacial score (nSPS) is 11.5. The van der Waals surface area contributed by atoms with Crippen molar-refractivity contribution >= 4 is 17.5 Å². The van der Waals surface area contributed by atoms with Gasteiger partial charge in [0.05, 0.1) is 24.1 Å². The molecule has 1 aromatic carbocycles. The van der Waals surface area contributed by atoms with Gasteiger partial charge in [-0.1, -0.05) is 19.1 Å². The number of nitro groups is 1. The topological polar surface area (TPSA) is 127 Å². The van der Waals surface area contributed by atoms with Gasteiger partial charge < -0.3 is 16.4 Å². The number of nitrogens with zero attached hydrogens (tertiary/aromatic N) is 1. The van der Waals surface area contributed by atoms with Gasteiger partial charge in [0.1, 0.15) is 0 Å². The van der Waals surface area contributed by atoms with Crippen LogP contribution in [0, 0.1) is 10.1 Å². The summed E-state index contributed by atoms with van der Waals surface area (Å²) in [4.78, 5) is 33.0. The number of benzene rings is 1. The van der Waals surface area contributed by atoms with Gasteiger partial charge in [-0.15, -0.1) is 0 Å². The molecule has 0 saturated carbocycles. The second kappa shape index (κ2) is 7.95. The van der Waals surface area contributed by atoms with E-state index in [1.54, 1.807) is 12.1 Å². The molecule has 0 aromatic heterocycles. The van der Waals surface area contributed by atoms with Crippen LogP contribution in [0.2, 0.25) is 0 Å². The smallest absolute Gasteiger partial charge is 0.269 e. The minimum Gasteiger partial charge on any atom is -0.348 e. The van der Waals surface area contributed by atoms with E-state index in [-0.39, 0.29) is 30.7 Å². The minimum absolute atomic E-state index is 0.0309. The van der Waals surface area contributed by atoms with Crippen molar-refractivity contribution in [2.45, 2.75) is 19.4 Å². The largest absolute Gasteiger partial charge is 0.348 e. The molecule has 0 saturated heterocycles. The van der Waals surface area contributed by atoms with Crippen molar-refractivity contribution in [1.82, 2.24) is 10.6 Å². The Hall–Kier alpha value is -2.48. The van der Waals surface area contributed by atoms with Crippen LogP contribution in [-0.2, 0) is 9.59 Å². The third-order valence-electron chi connectivity index (χ3n) is 2.86. The Morgan fingerprint density at radius 1 is 1.38 bits per heavy atom. The van der Waals surface area contributed by atoms with Gasteiger partial charge in [-0.25, -0.2) is 0 Å². The van der Waals surface area contributed by atoms with Crippen LogP contribution in [0.15, 0.2) is 24.3 Å². The third kappa shape index (κ3) is 5.19. The predicted molar refractivity (Wildman–Crippen MR) is 76.3 cm³/mol. The summed E-state index contributed by atoms with van der Waals surface area (Å²) >= 11 is 0. The number of non-ortho nitro benzene ring substituents is 1. The molecule has 0 fully saturated rings. The van der Waals surface area contributed by atoms with Gasteiger partial charge >= 0.3 is 0 Å². The maximum atomic E-state index is 11.7. The number of carbonyl (C=O) groups excluding carboxylic acids is 2. The van der Waals surface area contributed by atoms with Gasteiger partial charge in [-0.3, -0.25) is 19.7 Å². The monoisotopic (exact) mass is 294 g/mol. The Morgan fingerprint density at radius 3 is 2.67 bits per heavy atom. The van der Waals surface area contributed by atoms with Gasteiger partial charge in [0.15, 0.2) is 0 Å². The Labute approximate surface area is 121 Å². The van der Waals surface area contributed by atoms with Crippen molar-refractivity contribution in [2.24, 2.45) is 5.73 Å². The molecule has 0 bridgehead atoms. The van der Waals surface area contributed by atoms with E-state index in [0.717, 1.165) is 0 Å². The van der Waals surface area contributed by atoms with Crippen LogP contribution in [-0.4, -0.2) is 29.8 Å². The van der Waals surface area contributed by atoms with Crippen LogP contribution >= 0.6 is 0 Å². The van der Waals surface area contributed by atoms with E-state index in [1.807, 2.05) is 6.92 Å². The van der Waals surface area contributed by atoms with Gasteiger partial charge in [0, 0.05) is 12.1 Å². The first-order valence-electron chi connectivity index (χ1n) is 6.48. The molecule has 0 spiro atoms. The quantitative estimate of drug-likeness (QED) is 0.490. The van der Waals surface area contributed by atoms with E-state index < -0.39 is 10.8 Å². The summed E-state index contributed by atoms with van der Waals surface area (Å²) in [6, 6.07) is 5.73. The summed E-state index contributed by atoms with van der Waals surface area (Å²) in [7, 11) is 0. The van der Waals surface area contributed by atoms with Gasteiger partial charge in [0.25, 0.3) is 5.69 Å². The fourth-order valence-electron chi connectivity index (χ4n) is 1.77. The average molecular weight is 294 g/mol. The number of rotatable bonds is 7. The molecule has 0 aliphatic carbocycles. The van der Waals surface area contributed by atoms with E-state index in [4.69, 9.17) is 5.73 Å². The van der Waals surface area contributed by atoms with Crippen molar-refractivity contribution < 1.29 is 14.5 Å². The second-order valence-corrected chi connectivity index (χ2v) is 4.36. The zero-order chi connectivity index (χ0) is 15.8. The average Bonchev–Trinajstić information content (AvgIpc) is 2.50. The van der Waals surface area contributed by atoms with Crippen LogP contribution in [0.1, 0.15) is 24.9 Å². The highest BCUT2D eigenvalue weighted by molar-refractivity contribution is 5.85. The zero-order valence-corrected chi connectivity index (χ0v) is 11.7. The summed E-state index contributed by atoms with van der Waals surface area (Å²) in [5.74, 6) is -0.802. The van der Waals surface area contributed by atoms with Crippen LogP contribution < -0.4 is 16.4 Å². The number of nitrogens with one attached hydrogen (secondary N) is 2. The molecule has 0 aliphatic heterocycles. The summed E-state index contributed by atoms with van der Waals surface area (Å²) in [6.07, 6.45) is 0.567. The molecule has 1 atom stereocenters. The Kier molecular flexibility index (Phi) is 6.28. The molecule has 8 heteroatoms. The first-order chi connectivity index (χ1) is 9.97. The highest BCUT2D eigenvalue weighted by Crippen LogP contribution is 2.21. The van der Waals surface area contributed by atoms with Crippen LogP contribution in [0.5, 0.6) is 0 Å². The molecular weight excluding hydrogens is 276 g/mol. The molecule has 21 heavy (non-hydrogen) atoms. The van der Waals surface area contributed by atoms with Crippen molar-refractivity contribution in [3.05, 3.63) is 39.9 Å². The maximum absolute atomic E-state index is 11.7. The summed E-state index contributed by atoms with van der Waals surface area (Å²) in [6.45, 7) is 1.49. The fourth-order valence-corrected chi connectivity index (χ4v) is 1.77. The number of amides is 2. The molecule has 0 aliphatic rings. The summed E-state index contributed by atoms with van der Waals surface area (Å²) in [5.41, 5.74) is 5.73. The van der Waals surface area contributed by atoms with Crippen molar-refractivity contribution in [3.63, 3.8) is 0 Å². The predicted octanol–water partition coefficient (Wildman–Crippen LogP) is 0.237. The van der Waals surface area contributed by atoms with Crippen molar-refractivity contribution in [3.8, 4) is 0 Å². The second-order valence-electron chi connectivity index (χ2n) is 4.36. The Bertz CT molecular complexity index is 533. The molecular formula is C13H18N4O4. The third-order valence-corrected chi connectivity index (χ3v) is 2.86. The van der Waals surface area contributed by atoms with Crippen LogP contribution in [0.3, 0.4) is 0 Å². The molecule has 0 radical (unpaired) electrons. The first kappa shape index (κ1) is 16.6. The fraction of sp³-hybridized carbons (Fsp3) is 0.385. The molecule has 1 unspecified atom stereocenters. The SMILES string of the molecule is CCC(NC(=O)CNC(=O)CN)c1cccc([N+](=O)[O-])c1. The molecule has 1 aromatic rings. The lowest BCUT2D eigenvalue weighted by Crippen LogP contribution is -2.40. The highest BCUT2D eigenvalue weighted by Gasteiger charge is 2.15. The van der Waals surface area contributed by atoms with E-state index in [9.17, 15) is 19.7 Å². The zero-order valence-electron chi connectivity index (χ0n) is 11.7. The molecule has 8 nitrogen and oxygen atoms in total. The molecule has 114 valence electrons. The number of hydrogen-bond acceptors (Lipinski definition) is 5. The van der Waals surface area contributed by atoms with Crippen molar-refractivity contribution in [1.29, 1.82) is 0 Å². The Morgan fingerprint density at radius 2 is 2.10 bits per heavy atom. The molecule has 0 heterocycles. The van der Waals surface area contributed by atoms with E-state index in [0.29, 0.717) is 12.0 Å². The summed E-state index contributed by atoms with van der Waals surface area (Å²) in [5, 5.41) is 15.8. The van der Waals surface area contributed by atoms with Crippen molar-refractivity contribution in [2.75, 3.05) is 13.1 Å². The lowest BCUT2D eigenvalue weighted by Gasteiger charge is -2.17. The molecule has 1 rings (SSSR count). The lowest BCUT2D eigenvalue weighted by atomic mass is 10.0. The molecule has 4 N–H and O–H groups in total. The van der Waals surface area contributed by atoms with Crippen LogP contribution in [0.4, 0.5) is 5.69 Å². The highest BCUT2D eigenvalue weighted by atomic mass is 16.6. The van der Waals surface area contributed by atoms with E-state index >= 15 is 0 Å². The lowest BCUT2D eigenvalue weighted by molar-refractivity contribution is -0.384. The van der Waals surface area contributed by atoms with Crippen LogP contribution in [0.25, 0.3) is 0 Å². The van der Waals surface area contributed by atoms with Gasteiger partial charge in [-0.2, -0.15) is 0 Å². The van der Waals surface area contributed by atoms with Gasteiger partial charge in [0.2, 0.25) is 11.8 Å². The van der Waals surface area contributed by atoms with Gasteiger partial charge in [-0.05, 0) is 12.0 Å².